The zero-order chi connectivity index (χ0) is 12.8. The maximum Gasteiger partial charge on any atom is 0.0573 e. The van der Waals surface area contributed by atoms with Crippen LogP contribution in [-0.4, -0.2) is 11.5 Å². The second-order valence-corrected chi connectivity index (χ2v) is 5.72. The van der Waals surface area contributed by atoms with E-state index in [0.29, 0.717) is 0 Å². The van der Waals surface area contributed by atoms with Gasteiger partial charge in [0.2, 0.25) is 0 Å². The van der Waals surface area contributed by atoms with E-state index in [1.54, 1.807) is 0 Å². The van der Waals surface area contributed by atoms with Gasteiger partial charge in [-0.2, -0.15) is 0 Å². The molecular weight excluding hydrogens is 220 g/mol. The predicted molar refractivity (Wildman–Crippen MR) is 76.4 cm³/mol. The van der Waals surface area contributed by atoms with Gasteiger partial charge in [-0.05, 0) is 49.3 Å². The summed E-state index contributed by atoms with van der Waals surface area (Å²) in [5.74, 6) is 1.83. The average molecular weight is 246 g/mol. The smallest absolute Gasteiger partial charge is 0.0573 e. The quantitative estimate of drug-likeness (QED) is 0.859. The van der Waals surface area contributed by atoms with Crippen molar-refractivity contribution >= 4 is 0 Å². The standard InChI is InChI=1S/C16H26N2/c1-3-15-5-4-10-18-16(15)12-17-11-14-8-6-13(2)7-9-14/h4-5,10,13-14,17H,3,6-9,11-12H2,1-2H3. The molecule has 0 aromatic carbocycles. The fourth-order valence-corrected chi connectivity index (χ4v) is 2.88. The van der Waals surface area contributed by atoms with Crippen molar-refractivity contribution in [3.05, 3.63) is 29.6 Å². The van der Waals surface area contributed by atoms with Crippen LogP contribution in [0.15, 0.2) is 18.3 Å². The van der Waals surface area contributed by atoms with Gasteiger partial charge >= 0.3 is 0 Å². The van der Waals surface area contributed by atoms with E-state index in [-0.39, 0.29) is 0 Å². The summed E-state index contributed by atoms with van der Waals surface area (Å²) in [5.41, 5.74) is 2.60. The van der Waals surface area contributed by atoms with Gasteiger partial charge in [0.25, 0.3) is 0 Å². The van der Waals surface area contributed by atoms with E-state index in [4.69, 9.17) is 0 Å². The summed E-state index contributed by atoms with van der Waals surface area (Å²) in [7, 11) is 0. The van der Waals surface area contributed by atoms with Gasteiger partial charge in [0.15, 0.2) is 0 Å². The van der Waals surface area contributed by atoms with Crippen LogP contribution in [0.5, 0.6) is 0 Å². The van der Waals surface area contributed by atoms with Crippen LogP contribution in [0.4, 0.5) is 0 Å². The fourth-order valence-electron chi connectivity index (χ4n) is 2.88. The number of aromatic nitrogens is 1. The van der Waals surface area contributed by atoms with Gasteiger partial charge in [-0.3, -0.25) is 4.98 Å². The minimum absolute atomic E-state index is 0.884. The first-order chi connectivity index (χ1) is 8.79. The minimum Gasteiger partial charge on any atom is -0.311 e. The number of hydrogen-bond donors (Lipinski definition) is 1. The summed E-state index contributed by atoms with van der Waals surface area (Å²) in [6.45, 7) is 6.66. The molecule has 2 rings (SSSR count). The average Bonchev–Trinajstić information content (AvgIpc) is 2.41. The van der Waals surface area contributed by atoms with Crippen molar-refractivity contribution in [1.29, 1.82) is 0 Å². The van der Waals surface area contributed by atoms with Gasteiger partial charge in [0, 0.05) is 12.7 Å². The van der Waals surface area contributed by atoms with Crippen molar-refractivity contribution in [2.45, 2.75) is 52.5 Å². The van der Waals surface area contributed by atoms with E-state index < -0.39 is 0 Å². The monoisotopic (exact) mass is 246 g/mol. The molecule has 1 saturated carbocycles. The Morgan fingerprint density at radius 1 is 1.28 bits per heavy atom. The second kappa shape index (κ2) is 6.89. The van der Waals surface area contributed by atoms with Crippen LogP contribution in [0, 0.1) is 11.8 Å². The molecule has 1 fully saturated rings. The van der Waals surface area contributed by atoms with Crippen LogP contribution in [0.1, 0.15) is 50.8 Å². The number of rotatable bonds is 5. The van der Waals surface area contributed by atoms with Gasteiger partial charge in [0.05, 0.1) is 5.69 Å². The van der Waals surface area contributed by atoms with Crippen molar-refractivity contribution in [2.75, 3.05) is 6.54 Å². The van der Waals surface area contributed by atoms with Crippen LogP contribution in [0.25, 0.3) is 0 Å². The lowest BCUT2D eigenvalue weighted by Crippen LogP contribution is -2.26. The summed E-state index contributed by atoms with van der Waals surface area (Å²) in [6.07, 6.45) is 8.60. The summed E-state index contributed by atoms with van der Waals surface area (Å²) < 4.78 is 0. The molecule has 0 unspecified atom stereocenters. The van der Waals surface area contributed by atoms with Crippen molar-refractivity contribution in [3.8, 4) is 0 Å². The Hall–Kier alpha value is -0.890. The molecule has 1 aromatic heterocycles. The lowest BCUT2D eigenvalue weighted by Gasteiger charge is -2.26. The molecule has 0 bridgehead atoms. The molecule has 100 valence electrons. The summed E-state index contributed by atoms with van der Waals surface area (Å²) in [4.78, 5) is 4.48. The number of hydrogen-bond acceptors (Lipinski definition) is 2. The third-order valence-corrected chi connectivity index (χ3v) is 4.23. The van der Waals surface area contributed by atoms with Crippen LogP contribution < -0.4 is 5.32 Å². The van der Waals surface area contributed by atoms with Gasteiger partial charge in [-0.1, -0.05) is 32.8 Å². The molecule has 0 radical (unpaired) electrons. The fraction of sp³-hybridized carbons (Fsp3) is 0.688. The summed E-state index contributed by atoms with van der Waals surface area (Å²) in [6, 6.07) is 4.22. The molecule has 1 aromatic rings. The molecule has 0 saturated heterocycles. The SMILES string of the molecule is CCc1cccnc1CNCC1CCC(C)CC1. The van der Waals surface area contributed by atoms with Crippen molar-refractivity contribution < 1.29 is 0 Å². The molecule has 0 amide bonds. The predicted octanol–water partition coefficient (Wildman–Crippen LogP) is 3.56. The number of aryl methyl sites for hydroxylation is 1. The maximum atomic E-state index is 4.48. The maximum absolute atomic E-state index is 4.48. The highest BCUT2D eigenvalue weighted by Crippen LogP contribution is 2.27. The molecule has 1 N–H and O–H groups in total. The van der Waals surface area contributed by atoms with E-state index in [0.717, 1.165) is 31.3 Å². The van der Waals surface area contributed by atoms with Gasteiger partial charge < -0.3 is 5.32 Å². The van der Waals surface area contributed by atoms with E-state index in [1.165, 1.54) is 36.9 Å². The minimum atomic E-state index is 0.884. The summed E-state index contributed by atoms with van der Waals surface area (Å²) >= 11 is 0. The zero-order valence-electron chi connectivity index (χ0n) is 11.8. The van der Waals surface area contributed by atoms with E-state index in [1.807, 2.05) is 12.3 Å². The summed E-state index contributed by atoms with van der Waals surface area (Å²) in [5, 5.41) is 3.60. The molecule has 1 aliphatic rings. The van der Waals surface area contributed by atoms with Gasteiger partial charge in [0.1, 0.15) is 0 Å². The van der Waals surface area contributed by atoms with Gasteiger partial charge in [-0.15, -0.1) is 0 Å². The Balaban J connectivity index is 1.75. The third-order valence-electron chi connectivity index (χ3n) is 4.23. The lowest BCUT2D eigenvalue weighted by molar-refractivity contribution is 0.281. The van der Waals surface area contributed by atoms with E-state index >= 15 is 0 Å². The molecule has 0 atom stereocenters. The van der Waals surface area contributed by atoms with Crippen LogP contribution >= 0.6 is 0 Å². The Morgan fingerprint density at radius 3 is 2.78 bits per heavy atom. The highest BCUT2D eigenvalue weighted by Gasteiger charge is 2.17. The highest BCUT2D eigenvalue weighted by molar-refractivity contribution is 5.19. The Morgan fingerprint density at radius 2 is 2.06 bits per heavy atom. The van der Waals surface area contributed by atoms with Crippen LogP contribution in [0.3, 0.4) is 0 Å². The molecule has 2 nitrogen and oxygen atoms in total. The number of nitrogens with zero attached hydrogens (tertiary/aromatic N) is 1. The molecule has 18 heavy (non-hydrogen) atoms. The molecular formula is C16H26N2. The Labute approximate surface area is 111 Å². The Kier molecular flexibility index (Phi) is 5.18. The van der Waals surface area contributed by atoms with Crippen LogP contribution in [0.2, 0.25) is 0 Å². The first-order valence-corrected chi connectivity index (χ1v) is 7.43. The van der Waals surface area contributed by atoms with Crippen molar-refractivity contribution in [1.82, 2.24) is 10.3 Å². The van der Waals surface area contributed by atoms with Gasteiger partial charge in [-0.25, -0.2) is 0 Å². The van der Waals surface area contributed by atoms with Crippen molar-refractivity contribution in [3.63, 3.8) is 0 Å². The molecule has 1 heterocycles. The molecule has 1 aliphatic carbocycles. The number of nitrogens with one attached hydrogen (secondary N) is 1. The first-order valence-electron chi connectivity index (χ1n) is 7.43. The lowest BCUT2D eigenvalue weighted by atomic mass is 9.83. The molecule has 2 heteroatoms. The molecule has 0 aliphatic heterocycles. The topological polar surface area (TPSA) is 24.9 Å². The Bertz CT molecular complexity index is 354. The van der Waals surface area contributed by atoms with E-state index in [2.05, 4.69) is 30.2 Å². The zero-order valence-corrected chi connectivity index (χ0v) is 11.8. The number of pyridine rings is 1. The highest BCUT2D eigenvalue weighted by atomic mass is 14.9. The normalized spacial score (nSPS) is 24.1. The van der Waals surface area contributed by atoms with Crippen LogP contribution in [-0.2, 0) is 13.0 Å². The van der Waals surface area contributed by atoms with Crippen molar-refractivity contribution in [2.24, 2.45) is 11.8 Å². The molecule has 0 spiro atoms. The first kappa shape index (κ1) is 13.5. The van der Waals surface area contributed by atoms with E-state index in [9.17, 15) is 0 Å². The largest absolute Gasteiger partial charge is 0.311 e. The second-order valence-electron chi connectivity index (χ2n) is 5.72. The third kappa shape index (κ3) is 3.81.